The first-order valence-electron chi connectivity index (χ1n) is 8.80. The fourth-order valence-electron chi connectivity index (χ4n) is 2.47. The molecule has 23 heavy (non-hydrogen) atoms. The Bertz CT molecular complexity index is 539. The molecule has 0 N–H and O–H groups in total. The van der Waals surface area contributed by atoms with Gasteiger partial charge in [0.05, 0.1) is 19.0 Å². The van der Waals surface area contributed by atoms with Crippen molar-refractivity contribution in [3.05, 3.63) is 42.7 Å². The van der Waals surface area contributed by atoms with Crippen LogP contribution in [0.3, 0.4) is 0 Å². The number of ether oxygens (including phenoxy) is 1. The topological polar surface area (TPSA) is 35.0 Å². The summed E-state index contributed by atoms with van der Waals surface area (Å²) >= 11 is 0. The molecule has 1 heterocycles. The standard InChI is InChI=1S/C20H28N2O/c1-3-17(2)11-7-4-5-10-14-23-19-15-21-20(22-16-19)18-12-8-6-9-13-18/h6,8-9,12-13,15-17H,3-5,7,10-11,14H2,1-2H3/t17-/m0/s1. The Morgan fingerprint density at radius 3 is 2.35 bits per heavy atom. The van der Waals surface area contributed by atoms with E-state index in [1.54, 1.807) is 12.4 Å². The highest BCUT2D eigenvalue weighted by Crippen LogP contribution is 2.16. The summed E-state index contributed by atoms with van der Waals surface area (Å²) in [6.07, 6.45) is 11.1. The molecule has 0 aliphatic heterocycles. The summed E-state index contributed by atoms with van der Waals surface area (Å²) in [6.45, 7) is 5.35. The molecule has 0 saturated heterocycles. The number of rotatable bonds is 10. The fourth-order valence-corrected chi connectivity index (χ4v) is 2.47. The van der Waals surface area contributed by atoms with Crippen molar-refractivity contribution in [3.63, 3.8) is 0 Å². The van der Waals surface area contributed by atoms with Crippen LogP contribution in [-0.2, 0) is 0 Å². The Labute approximate surface area is 140 Å². The maximum atomic E-state index is 5.72. The van der Waals surface area contributed by atoms with Crippen LogP contribution in [0.2, 0.25) is 0 Å². The first-order chi connectivity index (χ1) is 11.3. The lowest BCUT2D eigenvalue weighted by atomic mass is 10.0. The first kappa shape index (κ1) is 17.5. The molecule has 1 aromatic heterocycles. The minimum Gasteiger partial charge on any atom is -0.490 e. The van der Waals surface area contributed by atoms with Crippen LogP contribution >= 0.6 is 0 Å². The molecule has 0 fully saturated rings. The van der Waals surface area contributed by atoms with Gasteiger partial charge in [-0.05, 0) is 12.3 Å². The van der Waals surface area contributed by atoms with Crippen molar-refractivity contribution in [1.82, 2.24) is 9.97 Å². The molecular weight excluding hydrogens is 284 g/mol. The van der Waals surface area contributed by atoms with E-state index in [9.17, 15) is 0 Å². The minimum atomic E-state index is 0.739. The van der Waals surface area contributed by atoms with E-state index in [0.29, 0.717) is 0 Å². The van der Waals surface area contributed by atoms with E-state index in [1.807, 2.05) is 30.3 Å². The van der Waals surface area contributed by atoms with Gasteiger partial charge in [-0.2, -0.15) is 0 Å². The molecule has 0 spiro atoms. The predicted molar refractivity (Wildman–Crippen MR) is 95.5 cm³/mol. The van der Waals surface area contributed by atoms with Crippen molar-refractivity contribution in [3.8, 4) is 17.1 Å². The van der Waals surface area contributed by atoms with Gasteiger partial charge in [0, 0.05) is 5.56 Å². The predicted octanol–water partition coefficient (Wildman–Crippen LogP) is 5.52. The van der Waals surface area contributed by atoms with Crippen LogP contribution in [0.4, 0.5) is 0 Å². The molecule has 0 unspecified atom stereocenters. The van der Waals surface area contributed by atoms with Gasteiger partial charge in [0.1, 0.15) is 0 Å². The van der Waals surface area contributed by atoms with E-state index >= 15 is 0 Å². The van der Waals surface area contributed by atoms with Gasteiger partial charge >= 0.3 is 0 Å². The molecule has 2 rings (SSSR count). The molecule has 2 aromatic rings. The zero-order valence-corrected chi connectivity index (χ0v) is 14.4. The lowest BCUT2D eigenvalue weighted by Gasteiger charge is -2.08. The summed E-state index contributed by atoms with van der Waals surface area (Å²) < 4.78 is 5.72. The molecule has 3 nitrogen and oxygen atoms in total. The highest BCUT2D eigenvalue weighted by Gasteiger charge is 2.02. The van der Waals surface area contributed by atoms with Crippen molar-refractivity contribution in [1.29, 1.82) is 0 Å². The lowest BCUT2D eigenvalue weighted by molar-refractivity contribution is 0.301. The molecule has 124 valence electrons. The van der Waals surface area contributed by atoms with Gasteiger partial charge in [-0.15, -0.1) is 0 Å². The SMILES string of the molecule is CC[C@H](C)CCCCCCOc1cnc(-c2ccccc2)nc1. The minimum absolute atomic E-state index is 0.739. The largest absolute Gasteiger partial charge is 0.490 e. The molecular formula is C20H28N2O. The van der Waals surface area contributed by atoms with E-state index in [-0.39, 0.29) is 0 Å². The summed E-state index contributed by atoms with van der Waals surface area (Å²) in [6, 6.07) is 9.99. The van der Waals surface area contributed by atoms with Crippen LogP contribution in [0.5, 0.6) is 5.75 Å². The molecule has 0 amide bonds. The molecule has 1 aromatic carbocycles. The summed E-state index contributed by atoms with van der Waals surface area (Å²) in [5.41, 5.74) is 1.03. The number of unbranched alkanes of at least 4 members (excludes halogenated alkanes) is 3. The summed E-state index contributed by atoms with van der Waals surface area (Å²) in [5.74, 6) is 2.36. The zero-order chi connectivity index (χ0) is 16.3. The fraction of sp³-hybridized carbons (Fsp3) is 0.500. The Hall–Kier alpha value is -1.90. The van der Waals surface area contributed by atoms with Crippen LogP contribution in [0, 0.1) is 5.92 Å². The number of aromatic nitrogens is 2. The molecule has 0 aliphatic carbocycles. The summed E-state index contributed by atoms with van der Waals surface area (Å²) in [7, 11) is 0. The normalized spacial score (nSPS) is 12.1. The highest BCUT2D eigenvalue weighted by molar-refractivity contribution is 5.54. The molecule has 1 atom stereocenters. The third-order valence-corrected chi connectivity index (χ3v) is 4.22. The first-order valence-corrected chi connectivity index (χ1v) is 8.80. The quantitative estimate of drug-likeness (QED) is 0.542. The van der Waals surface area contributed by atoms with Gasteiger partial charge < -0.3 is 4.74 Å². The Morgan fingerprint density at radius 1 is 0.957 bits per heavy atom. The second kappa shape index (κ2) is 9.98. The van der Waals surface area contributed by atoms with Gasteiger partial charge in [-0.25, -0.2) is 9.97 Å². The van der Waals surface area contributed by atoms with Crippen molar-refractivity contribution < 1.29 is 4.74 Å². The van der Waals surface area contributed by atoms with Crippen molar-refractivity contribution in [2.24, 2.45) is 5.92 Å². The number of benzene rings is 1. The van der Waals surface area contributed by atoms with Crippen LogP contribution in [0.1, 0.15) is 52.4 Å². The summed E-state index contributed by atoms with van der Waals surface area (Å²) in [5, 5.41) is 0. The third kappa shape index (κ3) is 6.39. The number of hydrogen-bond donors (Lipinski definition) is 0. The van der Waals surface area contributed by atoms with Gasteiger partial charge in [0.2, 0.25) is 0 Å². The lowest BCUT2D eigenvalue weighted by Crippen LogP contribution is -1.99. The van der Waals surface area contributed by atoms with Gasteiger partial charge in [-0.3, -0.25) is 0 Å². The Kier molecular flexibility index (Phi) is 7.58. The summed E-state index contributed by atoms with van der Waals surface area (Å²) in [4.78, 5) is 8.74. The van der Waals surface area contributed by atoms with Crippen LogP contribution in [-0.4, -0.2) is 16.6 Å². The number of nitrogens with zero attached hydrogens (tertiary/aromatic N) is 2. The second-order valence-electron chi connectivity index (χ2n) is 6.17. The van der Waals surface area contributed by atoms with Crippen molar-refractivity contribution in [2.75, 3.05) is 6.61 Å². The smallest absolute Gasteiger partial charge is 0.159 e. The Morgan fingerprint density at radius 2 is 1.65 bits per heavy atom. The highest BCUT2D eigenvalue weighted by atomic mass is 16.5. The molecule has 0 aliphatic rings. The van der Waals surface area contributed by atoms with E-state index in [2.05, 4.69) is 23.8 Å². The van der Waals surface area contributed by atoms with E-state index < -0.39 is 0 Å². The monoisotopic (exact) mass is 312 g/mol. The molecule has 0 saturated carbocycles. The van der Waals surface area contributed by atoms with Crippen LogP contribution < -0.4 is 4.74 Å². The van der Waals surface area contributed by atoms with Crippen LogP contribution in [0.15, 0.2) is 42.7 Å². The maximum Gasteiger partial charge on any atom is 0.159 e. The van der Waals surface area contributed by atoms with Crippen molar-refractivity contribution in [2.45, 2.75) is 52.4 Å². The van der Waals surface area contributed by atoms with Crippen LogP contribution in [0.25, 0.3) is 11.4 Å². The van der Waals surface area contributed by atoms with Gasteiger partial charge in [0.25, 0.3) is 0 Å². The average Bonchev–Trinajstić information content (AvgIpc) is 2.62. The second-order valence-corrected chi connectivity index (χ2v) is 6.17. The third-order valence-electron chi connectivity index (χ3n) is 4.22. The Balaban J connectivity index is 1.63. The maximum absolute atomic E-state index is 5.72. The van der Waals surface area contributed by atoms with E-state index in [0.717, 1.165) is 36.1 Å². The van der Waals surface area contributed by atoms with E-state index in [1.165, 1.54) is 32.1 Å². The number of hydrogen-bond acceptors (Lipinski definition) is 3. The molecule has 0 bridgehead atoms. The molecule has 0 radical (unpaired) electrons. The zero-order valence-electron chi connectivity index (χ0n) is 14.4. The van der Waals surface area contributed by atoms with Gasteiger partial charge in [-0.1, -0.05) is 76.3 Å². The van der Waals surface area contributed by atoms with E-state index in [4.69, 9.17) is 4.74 Å². The molecule has 3 heteroatoms. The van der Waals surface area contributed by atoms with Crippen molar-refractivity contribution >= 4 is 0 Å². The average molecular weight is 312 g/mol. The van der Waals surface area contributed by atoms with Gasteiger partial charge in [0.15, 0.2) is 11.6 Å².